The van der Waals surface area contributed by atoms with Crippen molar-refractivity contribution in [1.29, 1.82) is 0 Å². The Kier molecular flexibility index (Phi) is 4.26. The fourth-order valence-corrected chi connectivity index (χ4v) is 2.43. The number of rotatable bonds is 5. The van der Waals surface area contributed by atoms with Crippen molar-refractivity contribution >= 4 is 0 Å². The first-order valence-electron chi connectivity index (χ1n) is 8.29. The van der Waals surface area contributed by atoms with Gasteiger partial charge < -0.3 is 9.09 Å². The van der Waals surface area contributed by atoms with E-state index in [1.807, 2.05) is 31.5 Å². The van der Waals surface area contributed by atoms with Gasteiger partial charge in [0.2, 0.25) is 11.7 Å². The van der Waals surface area contributed by atoms with Gasteiger partial charge in [0.1, 0.15) is 5.82 Å². The minimum atomic E-state index is -0.142. The highest BCUT2D eigenvalue weighted by atomic mass is 16.5. The number of nitrogens with zero attached hydrogens (tertiary/aromatic N) is 4. The van der Waals surface area contributed by atoms with Crippen LogP contribution in [0.3, 0.4) is 0 Å². The quantitative estimate of drug-likeness (QED) is 0.705. The molecule has 0 radical (unpaired) electrons. The Bertz CT molecular complexity index is 829. The van der Waals surface area contributed by atoms with Crippen molar-refractivity contribution in [3.63, 3.8) is 0 Å². The van der Waals surface area contributed by atoms with E-state index in [1.54, 1.807) is 0 Å². The highest BCUT2D eigenvalue weighted by molar-refractivity contribution is 5.55. The number of hydrogen-bond donors (Lipinski definition) is 0. The number of aromatic nitrogens is 4. The lowest BCUT2D eigenvalue weighted by molar-refractivity contribution is 0.254. The lowest BCUT2D eigenvalue weighted by Gasteiger charge is -2.24. The summed E-state index contributed by atoms with van der Waals surface area (Å²) in [5.41, 5.74) is 2.01. The molecule has 24 heavy (non-hydrogen) atoms. The van der Waals surface area contributed by atoms with Gasteiger partial charge in [-0.3, -0.25) is 0 Å². The molecule has 2 heterocycles. The Labute approximate surface area is 142 Å². The van der Waals surface area contributed by atoms with Crippen LogP contribution >= 0.6 is 0 Å². The standard InChI is InChI=1S/C19H24N4O/c1-13(2)19(4,5)18-21-17(22-24-18)16-8-6-7-15(11-16)12-23-10-9-20-14(23)3/h6-11,13H,12H2,1-5H3. The molecule has 0 unspecified atom stereocenters. The number of aryl methyl sites for hydroxylation is 1. The Morgan fingerprint density at radius 1 is 1.25 bits per heavy atom. The summed E-state index contributed by atoms with van der Waals surface area (Å²) in [4.78, 5) is 8.90. The van der Waals surface area contributed by atoms with Crippen molar-refractivity contribution in [2.45, 2.75) is 46.6 Å². The molecule has 5 nitrogen and oxygen atoms in total. The zero-order valence-electron chi connectivity index (χ0n) is 14.9. The lowest BCUT2D eigenvalue weighted by atomic mass is 9.81. The SMILES string of the molecule is Cc1nccn1Cc1cccc(-c2noc(C(C)(C)C(C)C)n2)c1. The summed E-state index contributed by atoms with van der Waals surface area (Å²) >= 11 is 0. The van der Waals surface area contributed by atoms with Crippen LogP contribution in [0.5, 0.6) is 0 Å². The third-order valence-corrected chi connectivity index (χ3v) is 4.88. The first kappa shape index (κ1) is 16.4. The number of benzene rings is 1. The summed E-state index contributed by atoms with van der Waals surface area (Å²) in [7, 11) is 0. The van der Waals surface area contributed by atoms with Crippen molar-refractivity contribution in [1.82, 2.24) is 19.7 Å². The van der Waals surface area contributed by atoms with Crippen LogP contribution in [-0.4, -0.2) is 19.7 Å². The van der Waals surface area contributed by atoms with Crippen LogP contribution in [0.15, 0.2) is 41.2 Å². The highest BCUT2D eigenvalue weighted by Crippen LogP contribution is 2.31. The summed E-state index contributed by atoms with van der Waals surface area (Å²) in [6.45, 7) is 11.4. The predicted molar refractivity (Wildman–Crippen MR) is 93.7 cm³/mol. The van der Waals surface area contributed by atoms with Crippen molar-refractivity contribution in [2.24, 2.45) is 5.92 Å². The smallest absolute Gasteiger partial charge is 0.232 e. The maximum Gasteiger partial charge on any atom is 0.232 e. The molecule has 0 saturated carbocycles. The molecular formula is C19H24N4O. The average Bonchev–Trinajstić information content (AvgIpc) is 3.18. The summed E-state index contributed by atoms with van der Waals surface area (Å²) in [6, 6.07) is 8.25. The van der Waals surface area contributed by atoms with Gasteiger partial charge >= 0.3 is 0 Å². The van der Waals surface area contributed by atoms with E-state index in [9.17, 15) is 0 Å². The van der Waals surface area contributed by atoms with E-state index in [1.165, 1.54) is 5.56 Å². The van der Waals surface area contributed by atoms with Crippen molar-refractivity contribution in [3.05, 3.63) is 53.9 Å². The van der Waals surface area contributed by atoms with Gasteiger partial charge in [0.05, 0.1) is 0 Å². The normalized spacial score (nSPS) is 12.1. The summed E-state index contributed by atoms with van der Waals surface area (Å²) in [6.07, 6.45) is 3.80. The molecule has 5 heteroatoms. The Balaban J connectivity index is 1.87. The van der Waals surface area contributed by atoms with E-state index >= 15 is 0 Å². The minimum Gasteiger partial charge on any atom is -0.338 e. The van der Waals surface area contributed by atoms with E-state index in [0.717, 1.165) is 17.9 Å². The molecule has 0 amide bonds. The third kappa shape index (κ3) is 3.11. The largest absolute Gasteiger partial charge is 0.338 e. The van der Waals surface area contributed by atoms with Gasteiger partial charge in [0.25, 0.3) is 0 Å². The predicted octanol–water partition coefficient (Wildman–Crippen LogP) is 4.22. The van der Waals surface area contributed by atoms with Crippen LogP contribution in [0, 0.1) is 12.8 Å². The fraction of sp³-hybridized carbons (Fsp3) is 0.421. The van der Waals surface area contributed by atoms with Crippen molar-refractivity contribution in [3.8, 4) is 11.4 Å². The van der Waals surface area contributed by atoms with Crippen LogP contribution in [-0.2, 0) is 12.0 Å². The topological polar surface area (TPSA) is 56.7 Å². The minimum absolute atomic E-state index is 0.142. The van der Waals surface area contributed by atoms with Gasteiger partial charge in [-0.1, -0.05) is 51.1 Å². The zero-order chi connectivity index (χ0) is 17.3. The zero-order valence-corrected chi connectivity index (χ0v) is 14.9. The van der Waals surface area contributed by atoms with Gasteiger partial charge in [0.15, 0.2) is 0 Å². The van der Waals surface area contributed by atoms with Crippen LogP contribution in [0.2, 0.25) is 0 Å². The number of hydrogen-bond acceptors (Lipinski definition) is 4. The highest BCUT2D eigenvalue weighted by Gasteiger charge is 2.31. The molecule has 2 aromatic heterocycles. The molecule has 0 aliphatic rings. The van der Waals surface area contributed by atoms with Crippen LogP contribution < -0.4 is 0 Å². The van der Waals surface area contributed by atoms with Crippen molar-refractivity contribution < 1.29 is 4.52 Å². The fourth-order valence-electron chi connectivity index (χ4n) is 2.43. The second kappa shape index (κ2) is 6.23. The van der Waals surface area contributed by atoms with Gasteiger partial charge in [0, 0.05) is 29.9 Å². The van der Waals surface area contributed by atoms with Crippen LogP contribution in [0.4, 0.5) is 0 Å². The van der Waals surface area contributed by atoms with E-state index < -0.39 is 0 Å². The monoisotopic (exact) mass is 324 g/mol. The Hall–Kier alpha value is -2.43. The van der Waals surface area contributed by atoms with E-state index in [-0.39, 0.29) is 5.41 Å². The van der Waals surface area contributed by atoms with Crippen LogP contribution in [0.1, 0.15) is 45.0 Å². The lowest BCUT2D eigenvalue weighted by Crippen LogP contribution is -2.24. The second-order valence-corrected chi connectivity index (χ2v) is 7.10. The van der Waals surface area contributed by atoms with E-state index in [4.69, 9.17) is 4.52 Å². The third-order valence-electron chi connectivity index (χ3n) is 4.88. The average molecular weight is 324 g/mol. The molecule has 0 atom stereocenters. The molecule has 1 aromatic carbocycles. The summed E-state index contributed by atoms with van der Waals surface area (Å²) < 4.78 is 7.65. The molecule has 0 aliphatic heterocycles. The van der Waals surface area contributed by atoms with Crippen molar-refractivity contribution in [2.75, 3.05) is 0 Å². The maximum absolute atomic E-state index is 5.53. The molecule has 0 bridgehead atoms. The second-order valence-electron chi connectivity index (χ2n) is 7.10. The molecule has 0 N–H and O–H groups in total. The first-order valence-corrected chi connectivity index (χ1v) is 8.29. The Morgan fingerprint density at radius 2 is 2.04 bits per heavy atom. The molecular weight excluding hydrogens is 300 g/mol. The molecule has 0 aliphatic carbocycles. The maximum atomic E-state index is 5.53. The van der Waals surface area contributed by atoms with E-state index in [0.29, 0.717) is 17.6 Å². The van der Waals surface area contributed by atoms with Gasteiger partial charge in [-0.05, 0) is 24.5 Å². The molecule has 3 aromatic rings. The van der Waals surface area contributed by atoms with Crippen LogP contribution in [0.25, 0.3) is 11.4 Å². The molecule has 0 fully saturated rings. The first-order chi connectivity index (χ1) is 11.4. The van der Waals surface area contributed by atoms with Gasteiger partial charge in [-0.2, -0.15) is 4.98 Å². The molecule has 0 saturated heterocycles. The molecule has 0 spiro atoms. The number of imidazole rings is 1. The van der Waals surface area contributed by atoms with E-state index in [2.05, 4.69) is 59.5 Å². The van der Waals surface area contributed by atoms with Gasteiger partial charge in [-0.15, -0.1) is 0 Å². The summed E-state index contributed by atoms with van der Waals surface area (Å²) in [5, 5.41) is 4.19. The summed E-state index contributed by atoms with van der Waals surface area (Å²) in [5.74, 6) is 2.74. The molecule has 3 rings (SSSR count). The Morgan fingerprint density at radius 3 is 2.71 bits per heavy atom. The van der Waals surface area contributed by atoms with Gasteiger partial charge in [-0.25, -0.2) is 4.98 Å². The molecule has 126 valence electrons.